The first-order valence-corrected chi connectivity index (χ1v) is 9.48. The average molecular weight is 369 g/mol. The molecule has 3 rings (SSSR count). The predicted octanol–water partition coefficient (Wildman–Crippen LogP) is 1.65. The lowest BCUT2D eigenvalue weighted by atomic mass is 10.1. The van der Waals surface area contributed by atoms with E-state index in [9.17, 15) is 9.59 Å². The van der Waals surface area contributed by atoms with Crippen molar-refractivity contribution in [3.05, 3.63) is 54.1 Å². The molecule has 1 aliphatic rings. The minimum atomic E-state index is -0.241. The van der Waals surface area contributed by atoms with Crippen LogP contribution < -0.4 is 5.32 Å². The number of benzene rings is 1. The zero-order valence-electron chi connectivity index (χ0n) is 15.9. The van der Waals surface area contributed by atoms with Crippen molar-refractivity contribution in [2.24, 2.45) is 0 Å². The molecule has 0 saturated carbocycles. The van der Waals surface area contributed by atoms with Gasteiger partial charge in [-0.2, -0.15) is 0 Å². The maximum absolute atomic E-state index is 13.0. The van der Waals surface area contributed by atoms with Crippen LogP contribution in [0.25, 0.3) is 0 Å². The summed E-state index contributed by atoms with van der Waals surface area (Å²) in [6.07, 6.45) is 4.03. The molecule has 1 saturated heterocycles. The van der Waals surface area contributed by atoms with Gasteiger partial charge in [0.25, 0.3) is 5.91 Å². The van der Waals surface area contributed by atoms with Crippen molar-refractivity contribution in [2.45, 2.75) is 38.9 Å². The van der Waals surface area contributed by atoms with Crippen molar-refractivity contribution in [2.75, 3.05) is 19.6 Å². The van der Waals surface area contributed by atoms with Crippen molar-refractivity contribution < 1.29 is 9.59 Å². The Morgan fingerprint density at radius 1 is 1.26 bits per heavy atom. The molecule has 27 heavy (non-hydrogen) atoms. The first kappa shape index (κ1) is 19.1. The topological polar surface area (TPSA) is 81.3 Å². The summed E-state index contributed by atoms with van der Waals surface area (Å²) in [6.45, 7) is 6.59. The molecule has 0 bridgehead atoms. The molecule has 2 N–H and O–H groups in total. The average Bonchev–Trinajstić information content (AvgIpc) is 3.33. The van der Waals surface area contributed by atoms with E-state index in [0.717, 1.165) is 5.69 Å². The zero-order chi connectivity index (χ0) is 19.2. The largest absolute Gasteiger partial charge is 0.348 e. The van der Waals surface area contributed by atoms with Gasteiger partial charge in [0.2, 0.25) is 5.91 Å². The fourth-order valence-corrected chi connectivity index (χ4v) is 3.63. The molecule has 7 heteroatoms. The second-order valence-electron chi connectivity index (χ2n) is 6.80. The zero-order valence-corrected chi connectivity index (χ0v) is 15.9. The summed E-state index contributed by atoms with van der Waals surface area (Å²) in [6, 6.07) is 8.87. The highest BCUT2D eigenvalue weighted by atomic mass is 16.2. The number of nitrogens with one attached hydrogen (secondary N) is 2. The highest BCUT2D eigenvalue weighted by molar-refractivity contribution is 5.94. The summed E-state index contributed by atoms with van der Waals surface area (Å²) in [7, 11) is 0. The van der Waals surface area contributed by atoms with E-state index in [1.54, 1.807) is 24.7 Å². The number of aromatic amines is 1. The van der Waals surface area contributed by atoms with E-state index in [0.29, 0.717) is 38.2 Å². The molecule has 1 fully saturated rings. The molecule has 0 radical (unpaired) electrons. The van der Waals surface area contributed by atoms with Gasteiger partial charge in [-0.1, -0.05) is 18.2 Å². The normalized spacial score (nSPS) is 19.8. The fraction of sp³-hybridized carbons (Fsp3) is 0.450. The quantitative estimate of drug-likeness (QED) is 0.778. The lowest BCUT2D eigenvalue weighted by Crippen LogP contribution is -2.45. The minimum Gasteiger partial charge on any atom is -0.348 e. The SMILES string of the molecule is CCN(CC)C(=O)[C@@H]1C[C@@H](NC(=O)c2ccccc2)CN1Cc1cnc[nH]1. The number of likely N-dealkylation sites (N-methyl/N-ethyl adjacent to an activating group) is 1. The summed E-state index contributed by atoms with van der Waals surface area (Å²) in [5.41, 5.74) is 1.60. The van der Waals surface area contributed by atoms with E-state index in [1.165, 1.54) is 0 Å². The van der Waals surface area contributed by atoms with Crippen LogP contribution in [-0.4, -0.2) is 63.3 Å². The van der Waals surface area contributed by atoms with Gasteiger partial charge in [-0.05, 0) is 32.4 Å². The van der Waals surface area contributed by atoms with E-state index in [4.69, 9.17) is 0 Å². The van der Waals surface area contributed by atoms with Gasteiger partial charge in [0, 0.05) is 49.7 Å². The Balaban J connectivity index is 1.72. The van der Waals surface area contributed by atoms with Crippen LogP contribution in [0.1, 0.15) is 36.3 Å². The number of imidazole rings is 1. The van der Waals surface area contributed by atoms with Crippen molar-refractivity contribution in [1.82, 2.24) is 25.1 Å². The van der Waals surface area contributed by atoms with Crippen LogP contribution in [0.4, 0.5) is 0 Å². The number of amides is 2. The number of nitrogens with zero attached hydrogens (tertiary/aromatic N) is 3. The van der Waals surface area contributed by atoms with Crippen LogP contribution in [0.2, 0.25) is 0 Å². The van der Waals surface area contributed by atoms with E-state index >= 15 is 0 Å². The number of rotatable bonds is 7. The van der Waals surface area contributed by atoms with E-state index in [2.05, 4.69) is 20.2 Å². The number of carbonyl (C=O) groups is 2. The highest BCUT2D eigenvalue weighted by Gasteiger charge is 2.39. The molecular formula is C20H27N5O2. The van der Waals surface area contributed by atoms with Gasteiger partial charge < -0.3 is 15.2 Å². The molecular weight excluding hydrogens is 342 g/mol. The summed E-state index contributed by atoms with van der Waals surface area (Å²) >= 11 is 0. The van der Waals surface area contributed by atoms with Gasteiger partial charge in [0.15, 0.2) is 0 Å². The summed E-state index contributed by atoms with van der Waals surface area (Å²) in [4.78, 5) is 36.6. The van der Waals surface area contributed by atoms with E-state index in [1.807, 2.05) is 36.9 Å². The van der Waals surface area contributed by atoms with E-state index in [-0.39, 0.29) is 23.9 Å². The third kappa shape index (κ3) is 4.54. The van der Waals surface area contributed by atoms with Crippen LogP contribution in [-0.2, 0) is 11.3 Å². The Morgan fingerprint density at radius 2 is 2.00 bits per heavy atom. The number of carbonyl (C=O) groups excluding carboxylic acids is 2. The summed E-state index contributed by atoms with van der Waals surface area (Å²) in [5, 5.41) is 3.09. The molecule has 2 heterocycles. The lowest BCUT2D eigenvalue weighted by Gasteiger charge is -2.28. The van der Waals surface area contributed by atoms with Gasteiger partial charge in [0.05, 0.1) is 12.4 Å². The number of hydrogen-bond donors (Lipinski definition) is 2. The van der Waals surface area contributed by atoms with Crippen molar-refractivity contribution >= 4 is 11.8 Å². The molecule has 1 aliphatic heterocycles. The molecule has 2 aromatic rings. The lowest BCUT2D eigenvalue weighted by molar-refractivity contribution is -0.135. The second-order valence-corrected chi connectivity index (χ2v) is 6.80. The van der Waals surface area contributed by atoms with Crippen LogP contribution in [0.3, 0.4) is 0 Å². The van der Waals surface area contributed by atoms with Gasteiger partial charge >= 0.3 is 0 Å². The van der Waals surface area contributed by atoms with Crippen LogP contribution >= 0.6 is 0 Å². The van der Waals surface area contributed by atoms with Crippen LogP contribution in [0.5, 0.6) is 0 Å². The first-order valence-electron chi connectivity index (χ1n) is 9.48. The summed E-state index contributed by atoms with van der Waals surface area (Å²) < 4.78 is 0. The van der Waals surface area contributed by atoms with Crippen molar-refractivity contribution in [3.63, 3.8) is 0 Å². The fourth-order valence-electron chi connectivity index (χ4n) is 3.63. The Kier molecular flexibility index (Phi) is 6.24. The highest BCUT2D eigenvalue weighted by Crippen LogP contribution is 2.22. The van der Waals surface area contributed by atoms with Crippen LogP contribution in [0.15, 0.2) is 42.9 Å². The molecule has 0 aliphatic carbocycles. The molecule has 0 spiro atoms. The molecule has 0 unspecified atom stereocenters. The standard InChI is InChI=1S/C20H27N5O2/c1-3-24(4-2)20(27)18-10-16(12-25(18)13-17-11-21-14-22-17)23-19(26)15-8-6-5-7-9-15/h5-9,11,14,16,18H,3-4,10,12-13H2,1-2H3,(H,21,22)(H,23,26)/t16-,18+/m1/s1. The molecule has 2 amide bonds. The summed E-state index contributed by atoms with van der Waals surface area (Å²) in [5.74, 6) is 0.0222. The van der Waals surface area contributed by atoms with Crippen LogP contribution in [0, 0.1) is 0 Å². The Morgan fingerprint density at radius 3 is 2.63 bits per heavy atom. The number of likely N-dealkylation sites (tertiary alicyclic amines) is 1. The molecule has 1 aromatic heterocycles. The number of hydrogen-bond acceptors (Lipinski definition) is 4. The molecule has 144 valence electrons. The van der Waals surface area contributed by atoms with Gasteiger partial charge in [-0.15, -0.1) is 0 Å². The number of H-pyrrole nitrogens is 1. The molecule has 7 nitrogen and oxygen atoms in total. The third-order valence-corrected chi connectivity index (χ3v) is 5.06. The van der Waals surface area contributed by atoms with Gasteiger partial charge in [0.1, 0.15) is 0 Å². The Bertz CT molecular complexity index is 743. The molecule has 2 atom stereocenters. The first-order chi connectivity index (χ1) is 13.1. The monoisotopic (exact) mass is 369 g/mol. The van der Waals surface area contributed by atoms with Gasteiger partial charge in [-0.25, -0.2) is 4.98 Å². The smallest absolute Gasteiger partial charge is 0.251 e. The molecule has 1 aromatic carbocycles. The Labute approximate surface area is 159 Å². The predicted molar refractivity (Wildman–Crippen MR) is 103 cm³/mol. The van der Waals surface area contributed by atoms with Crippen molar-refractivity contribution in [1.29, 1.82) is 0 Å². The maximum atomic E-state index is 13.0. The van der Waals surface area contributed by atoms with Crippen molar-refractivity contribution in [3.8, 4) is 0 Å². The minimum absolute atomic E-state index is 0.0647. The number of aromatic nitrogens is 2. The third-order valence-electron chi connectivity index (χ3n) is 5.06. The van der Waals surface area contributed by atoms with E-state index < -0.39 is 0 Å². The maximum Gasteiger partial charge on any atom is 0.251 e. The second kappa shape index (κ2) is 8.81. The van der Waals surface area contributed by atoms with Gasteiger partial charge in [-0.3, -0.25) is 14.5 Å². The Hall–Kier alpha value is -2.67.